The summed E-state index contributed by atoms with van der Waals surface area (Å²) in [5.74, 6) is -0.501. The molecule has 34 heavy (non-hydrogen) atoms. The molecule has 0 amide bonds. The van der Waals surface area contributed by atoms with Gasteiger partial charge in [0.15, 0.2) is 4.80 Å². The Labute approximate surface area is 204 Å². The van der Waals surface area contributed by atoms with Crippen LogP contribution in [-0.2, 0) is 14.3 Å². The number of esters is 2. The van der Waals surface area contributed by atoms with Crippen molar-refractivity contribution in [1.82, 2.24) is 4.57 Å². The van der Waals surface area contributed by atoms with Crippen LogP contribution in [-0.4, -0.2) is 23.1 Å². The summed E-state index contributed by atoms with van der Waals surface area (Å²) in [6.07, 6.45) is 1.74. The molecule has 2 aromatic carbocycles. The van der Waals surface area contributed by atoms with E-state index in [1.54, 1.807) is 68.5 Å². The minimum atomic E-state index is -0.693. The highest BCUT2D eigenvalue weighted by Gasteiger charge is 2.33. The lowest BCUT2D eigenvalue weighted by Crippen LogP contribution is -2.39. The second-order valence-electron chi connectivity index (χ2n) is 7.52. The van der Waals surface area contributed by atoms with Crippen LogP contribution in [0.5, 0.6) is 5.75 Å². The van der Waals surface area contributed by atoms with E-state index in [2.05, 4.69) is 4.99 Å². The van der Waals surface area contributed by atoms with Crippen LogP contribution in [0.4, 0.5) is 0 Å². The molecule has 0 saturated carbocycles. The van der Waals surface area contributed by atoms with E-state index in [4.69, 9.17) is 21.1 Å². The van der Waals surface area contributed by atoms with E-state index in [0.717, 1.165) is 11.1 Å². The predicted molar refractivity (Wildman–Crippen MR) is 130 cm³/mol. The largest absolute Gasteiger partial charge is 0.463 e. The average molecular weight is 497 g/mol. The Balaban J connectivity index is 1.86. The van der Waals surface area contributed by atoms with Crippen molar-refractivity contribution >= 4 is 41.0 Å². The quantitative estimate of drug-likeness (QED) is 0.399. The lowest BCUT2D eigenvalue weighted by atomic mass is 9.96. The normalized spacial score (nSPS) is 15.5. The maximum Gasteiger partial charge on any atom is 0.338 e. The summed E-state index contributed by atoms with van der Waals surface area (Å²) in [4.78, 5) is 42.6. The number of thiazole rings is 1. The van der Waals surface area contributed by atoms with Crippen molar-refractivity contribution in [3.63, 3.8) is 0 Å². The Hall–Kier alpha value is -3.49. The molecule has 1 aliphatic rings. The van der Waals surface area contributed by atoms with Crippen LogP contribution in [0.15, 0.2) is 69.6 Å². The van der Waals surface area contributed by atoms with Crippen molar-refractivity contribution in [3.05, 3.63) is 95.6 Å². The predicted octanol–water partition coefficient (Wildman–Crippen LogP) is 3.38. The lowest BCUT2D eigenvalue weighted by molar-refractivity contribution is -0.139. The summed E-state index contributed by atoms with van der Waals surface area (Å²) < 4.78 is 12.3. The molecule has 0 N–H and O–H groups in total. The van der Waals surface area contributed by atoms with E-state index in [0.29, 0.717) is 31.4 Å². The monoisotopic (exact) mass is 496 g/mol. The molecule has 0 unspecified atom stereocenters. The number of carbonyl (C=O) groups excluding carboxylic acids is 2. The molecule has 2 heterocycles. The molecule has 0 aliphatic carbocycles. The van der Waals surface area contributed by atoms with Crippen molar-refractivity contribution in [2.24, 2.45) is 4.99 Å². The van der Waals surface area contributed by atoms with Gasteiger partial charge >= 0.3 is 11.9 Å². The molecule has 0 spiro atoms. The molecule has 0 radical (unpaired) electrons. The summed E-state index contributed by atoms with van der Waals surface area (Å²) in [5.41, 5.74) is 2.01. The maximum atomic E-state index is 13.5. The Morgan fingerprint density at radius 3 is 2.44 bits per heavy atom. The first kappa shape index (κ1) is 23.7. The van der Waals surface area contributed by atoms with E-state index in [9.17, 15) is 14.4 Å². The maximum absolute atomic E-state index is 13.5. The van der Waals surface area contributed by atoms with Gasteiger partial charge in [-0.15, -0.1) is 0 Å². The smallest absolute Gasteiger partial charge is 0.338 e. The van der Waals surface area contributed by atoms with E-state index >= 15 is 0 Å². The van der Waals surface area contributed by atoms with Crippen molar-refractivity contribution in [1.29, 1.82) is 0 Å². The van der Waals surface area contributed by atoms with Crippen LogP contribution in [0.25, 0.3) is 6.08 Å². The van der Waals surface area contributed by atoms with E-state index in [-0.39, 0.29) is 12.2 Å². The first-order chi connectivity index (χ1) is 16.3. The third-order valence-corrected chi connectivity index (χ3v) is 6.38. The van der Waals surface area contributed by atoms with Crippen molar-refractivity contribution in [2.75, 3.05) is 6.61 Å². The number of nitrogens with zero attached hydrogens (tertiary/aromatic N) is 2. The third-order valence-electron chi connectivity index (χ3n) is 5.14. The molecular weight excluding hydrogens is 476 g/mol. The van der Waals surface area contributed by atoms with Gasteiger partial charge in [0.25, 0.3) is 5.56 Å². The van der Waals surface area contributed by atoms with Gasteiger partial charge in [0.2, 0.25) is 0 Å². The van der Waals surface area contributed by atoms with Gasteiger partial charge in [-0.05, 0) is 55.3 Å². The fourth-order valence-corrected chi connectivity index (χ4v) is 4.87. The summed E-state index contributed by atoms with van der Waals surface area (Å²) in [6, 6.07) is 13.1. The lowest BCUT2D eigenvalue weighted by Gasteiger charge is -2.24. The van der Waals surface area contributed by atoms with Gasteiger partial charge in [-0.1, -0.05) is 47.2 Å². The Bertz CT molecular complexity index is 1470. The van der Waals surface area contributed by atoms with E-state index in [1.807, 2.05) is 0 Å². The second kappa shape index (κ2) is 9.79. The van der Waals surface area contributed by atoms with Gasteiger partial charge in [0, 0.05) is 11.9 Å². The molecular formula is C25H21ClN2O5S. The number of hydrogen-bond acceptors (Lipinski definition) is 7. The minimum Gasteiger partial charge on any atom is -0.463 e. The van der Waals surface area contributed by atoms with Crippen molar-refractivity contribution in [2.45, 2.75) is 26.8 Å². The fourth-order valence-electron chi connectivity index (χ4n) is 3.70. The zero-order valence-electron chi connectivity index (χ0n) is 18.7. The Morgan fingerprint density at radius 1 is 1.15 bits per heavy atom. The van der Waals surface area contributed by atoms with Gasteiger partial charge in [0.1, 0.15) is 5.75 Å². The van der Waals surface area contributed by atoms with Crippen molar-refractivity contribution in [3.8, 4) is 5.75 Å². The Morgan fingerprint density at radius 2 is 1.82 bits per heavy atom. The number of ether oxygens (including phenoxy) is 2. The highest BCUT2D eigenvalue weighted by atomic mass is 35.5. The Kier molecular flexibility index (Phi) is 6.81. The molecule has 3 aromatic rings. The third kappa shape index (κ3) is 4.73. The van der Waals surface area contributed by atoms with Crippen LogP contribution in [0.3, 0.4) is 0 Å². The van der Waals surface area contributed by atoms with Crippen LogP contribution in [0, 0.1) is 0 Å². The number of aromatic nitrogens is 1. The average Bonchev–Trinajstić information content (AvgIpc) is 3.09. The van der Waals surface area contributed by atoms with Gasteiger partial charge in [0.05, 0.1) is 28.5 Å². The zero-order chi connectivity index (χ0) is 24.4. The van der Waals surface area contributed by atoms with Crippen LogP contribution >= 0.6 is 22.9 Å². The summed E-state index contributed by atoms with van der Waals surface area (Å²) in [7, 11) is 0. The molecule has 0 bridgehead atoms. The minimum absolute atomic E-state index is 0.205. The molecule has 7 nitrogen and oxygen atoms in total. The number of benzene rings is 2. The zero-order valence-corrected chi connectivity index (χ0v) is 20.3. The summed E-state index contributed by atoms with van der Waals surface area (Å²) in [6.45, 7) is 5.00. The number of fused-ring (bicyclic) bond motifs is 1. The topological polar surface area (TPSA) is 87.0 Å². The van der Waals surface area contributed by atoms with E-state index < -0.39 is 18.0 Å². The number of hydrogen-bond donors (Lipinski definition) is 0. The molecule has 174 valence electrons. The van der Waals surface area contributed by atoms with E-state index in [1.165, 1.54) is 22.8 Å². The number of carbonyl (C=O) groups is 2. The highest BCUT2D eigenvalue weighted by molar-refractivity contribution is 7.07. The first-order valence-corrected chi connectivity index (χ1v) is 11.7. The summed E-state index contributed by atoms with van der Waals surface area (Å²) in [5, 5.41) is 0.548. The van der Waals surface area contributed by atoms with Gasteiger partial charge < -0.3 is 9.47 Å². The van der Waals surface area contributed by atoms with Crippen LogP contribution in [0.1, 0.15) is 37.9 Å². The first-order valence-electron chi connectivity index (χ1n) is 10.5. The van der Waals surface area contributed by atoms with Gasteiger partial charge in [-0.2, -0.15) is 0 Å². The van der Waals surface area contributed by atoms with Crippen LogP contribution in [0.2, 0.25) is 5.02 Å². The number of rotatable bonds is 5. The SMILES string of the molecule is CCOC(=O)C1=C(C)N=c2s/c(=C/c3ccc(OC(C)=O)cc3)c(=O)n2[C@H]1c1ccc(Cl)cc1. The molecule has 1 aliphatic heterocycles. The fraction of sp³-hybridized carbons (Fsp3) is 0.200. The highest BCUT2D eigenvalue weighted by Crippen LogP contribution is 2.31. The molecule has 1 aromatic heterocycles. The van der Waals surface area contributed by atoms with Crippen molar-refractivity contribution < 1.29 is 19.1 Å². The molecule has 1 atom stereocenters. The van der Waals surface area contributed by atoms with Gasteiger partial charge in [-0.25, -0.2) is 9.79 Å². The summed E-state index contributed by atoms with van der Waals surface area (Å²) >= 11 is 7.31. The van der Waals surface area contributed by atoms with Gasteiger partial charge in [-0.3, -0.25) is 14.2 Å². The standard InChI is InChI=1S/C25H21ClN2O5S/c1-4-32-24(31)21-14(2)27-25-28(22(21)17-7-9-18(26)10-8-17)23(30)20(34-25)13-16-5-11-19(12-6-16)33-15(3)29/h5-13,22H,4H2,1-3H3/b20-13+/t22-/m0/s1. The molecule has 4 rings (SSSR count). The second-order valence-corrected chi connectivity index (χ2v) is 8.96. The van der Waals surface area contributed by atoms with Crippen LogP contribution < -0.4 is 19.6 Å². The number of halogens is 1. The molecule has 0 saturated heterocycles. The molecule has 9 heteroatoms. The number of allylic oxidation sites excluding steroid dienone is 1. The molecule has 0 fully saturated rings.